The van der Waals surface area contributed by atoms with Gasteiger partial charge in [-0.1, -0.05) is 0 Å². The third-order valence-electron chi connectivity index (χ3n) is 3.07. The maximum atomic E-state index is 13.0. The van der Waals surface area contributed by atoms with Gasteiger partial charge in [-0.05, 0) is 24.6 Å². The Kier molecular flexibility index (Phi) is 3.91. The Hall–Kier alpha value is -1.49. The summed E-state index contributed by atoms with van der Waals surface area (Å²) < 4.78 is 31.0. The van der Waals surface area contributed by atoms with Crippen LogP contribution < -0.4 is 0 Å². The number of carbonyl (C=O) groups is 1. The van der Waals surface area contributed by atoms with Crippen molar-refractivity contribution in [1.82, 2.24) is 4.90 Å². The van der Waals surface area contributed by atoms with Crippen molar-refractivity contribution in [2.75, 3.05) is 26.8 Å². The molecule has 1 aliphatic rings. The molecule has 0 N–H and O–H groups in total. The molecule has 0 bridgehead atoms. The van der Waals surface area contributed by atoms with Crippen LogP contribution in [-0.4, -0.2) is 37.6 Å². The summed E-state index contributed by atoms with van der Waals surface area (Å²) in [5.74, 6) is -1.93. The minimum atomic E-state index is -1.00. The van der Waals surface area contributed by atoms with Crippen LogP contribution in [0.15, 0.2) is 18.2 Å². The molecule has 1 unspecified atom stereocenters. The van der Waals surface area contributed by atoms with Gasteiger partial charge in [-0.15, -0.1) is 0 Å². The highest BCUT2D eigenvalue weighted by Gasteiger charge is 2.21. The summed E-state index contributed by atoms with van der Waals surface area (Å²) in [4.78, 5) is 13.5. The molecule has 1 fully saturated rings. The monoisotopic (exact) mass is 255 g/mol. The van der Waals surface area contributed by atoms with Crippen molar-refractivity contribution in [2.24, 2.45) is 5.92 Å². The highest BCUT2D eigenvalue weighted by molar-refractivity contribution is 5.94. The van der Waals surface area contributed by atoms with E-state index in [-0.39, 0.29) is 11.5 Å². The summed E-state index contributed by atoms with van der Waals surface area (Å²) in [5.41, 5.74) is 0.162. The average molecular weight is 255 g/mol. The number of nitrogens with zero attached hydrogens (tertiary/aromatic N) is 1. The minimum absolute atomic E-state index is 0.162. The Morgan fingerprint density at radius 2 is 2.22 bits per heavy atom. The zero-order valence-corrected chi connectivity index (χ0v) is 10.2. The first-order valence-corrected chi connectivity index (χ1v) is 5.86. The van der Waals surface area contributed by atoms with E-state index in [2.05, 4.69) is 0 Å². The molecule has 0 aliphatic carbocycles. The summed E-state index contributed by atoms with van der Waals surface area (Å²) in [6, 6.07) is 3.19. The molecule has 98 valence electrons. The van der Waals surface area contributed by atoms with E-state index in [4.69, 9.17) is 4.74 Å². The number of ether oxygens (including phenoxy) is 1. The topological polar surface area (TPSA) is 29.5 Å². The van der Waals surface area contributed by atoms with E-state index in [1.165, 1.54) is 11.0 Å². The maximum absolute atomic E-state index is 13.0. The quantitative estimate of drug-likeness (QED) is 0.827. The number of hydrogen-bond donors (Lipinski definition) is 0. The molecule has 1 atom stereocenters. The van der Waals surface area contributed by atoms with Crippen LogP contribution in [0.25, 0.3) is 0 Å². The molecule has 1 aliphatic heterocycles. The molecule has 3 nitrogen and oxygen atoms in total. The van der Waals surface area contributed by atoms with Crippen molar-refractivity contribution in [3.63, 3.8) is 0 Å². The summed E-state index contributed by atoms with van der Waals surface area (Å²) in [7, 11) is 1.65. The number of rotatable bonds is 3. The van der Waals surface area contributed by atoms with Crippen molar-refractivity contribution in [2.45, 2.75) is 6.42 Å². The fraction of sp³-hybridized carbons (Fsp3) is 0.462. The van der Waals surface area contributed by atoms with E-state index >= 15 is 0 Å². The Morgan fingerprint density at radius 1 is 1.44 bits per heavy atom. The van der Waals surface area contributed by atoms with Gasteiger partial charge >= 0.3 is 0 Å². The lowest BCUT2D eigenvalue weighted by atomic mass is 10.1. The number of benzene rings is 1. The predicted molar refractivity (Wildman–Crippen MR) is 62.2 cm³/mol. The summed E-state index contributed by atoms with van der Waals surface area (Å²) in [5, 5.41) is 0. The molecule has 1 amide bonds. The molecule has 0 saturated carbocycles. The summed E-state index contributed by atoms with van der Waals surface area (Å²) in [6.45, 7) is 1.94. The smallest absolute Gasteiger partial charge is 0.253 e. The SMILES string of the molecule is CN(CC1CCOC1)C(=O)c1ccc(F)c(F)c1. The van der Waals surface area contributed by atoms with Gasteiger partial charge in [0.15, 0.2) is 11.6 Å². The molecule has 18 heavy (non-hydrogen) atoms. The van der Waals surface area contributed by atoms with Crippen LogP contribution in [-0.2, 0) is 4.74 Å². The molecular formula is C13H15F2NO2. The van der Waals surface area contributed by atoms with Gasteiger partial charge in [0.1, 0.15) is 0 Å². The zero-order chi connectivity index (χ0) is 13.1. The van der Waals surface area contributed by atoms with E-state index in [1.54, 1.807) is 7.05 Å². The van der Waals surface area contributed by atoms with Gasteiger partial charge < -0.3 is 9.64 Å². The van der Waals surface area contributed by atoms with Crippen molar-refractivity contribution in [3.8, 4) is 0 Å². The van der Waals surface area contributed by atoms with Crippen LogP contribution in [0.2, 0.25) is 0 Å². The Bertz CT molecular complexity index is 445. The van der Waals surface area contributed by atoms with E-state index in [1.807, 2.05) is 0 Å². The molecule has 2 rings (SSSR count). The van der Waals surface area contributed by atoms with Gasteiger partial charge in [0.25, 0.3) is 5.91 Å². The van der Waals surface area contributed by atoms with E-state index in [0.29, 0.717) is 19.1 Å². The molecule has 0 spiro atoms. The minimum Gasteiger partial charge on any atom is -0.381 e. The van der Waals surface area contributed by atoms with Crippen LogP contribution in [0.5, 0.6) is 0 Å². The lowest BCUT2D eigenvalue weighted by Crippen LogP contribution is -2.32. The molecule has 1 heterocycles. The third kappa shape index (κ3) is 2.85. The van der Waals surface area contributed by atoms with Crippen molar-refractivity contribution in [1.29, 1.82) is 0 Å². The van der Waals surface area contributed by atoms with E-state index in [9.17, 15) is 13.6 Å². The fourth-order valence-corrected chi connectivity index (χ4v) is 2.05. The van der Waals surface area contributed by atoms with Gasteiger partial charge in [0, 0.05) is 31.7 Å². The normalized spacial score (nSPS) is 18.9. The zero-order valence-electron chi connectivity index (χ0n) is 10.2. The molecule has 0 radical (unpaired) electrons. The van der Waals surface area contributed by atoms with E-state index < -0.39 is 11.6 Å². The first-order valence-electron chi connectivity index (χ1n) is 5.86. The number of amides is 1. The third-order valence-corrected chi connectivity index (χ3v) is 3.07. The Labute approximate surface area is 104 Å². The maximum Gasteiger partial charge on any atom is 0.253 e. The Morgan fingerprint density at radius 3 is 2.83 bits per heavy atom. The number of carbonyl (C=O) groups excluding carboxylic acids is 1. The van der Waals surface area contributed by atoms with Crippen LogP contribution in [0.3, 0.4) is 0 Å². The van der Waals surface area contributed by atoms with Gasteiger partial charge in [0.05, 0.1) is 6.61 Å². The van der Waals surface area contributed by atoms with Crippen LogP contribution in [0.1, 0.15) is 16.8 Å². The molecule has 1 saturated heterocycles. The second-order valence-electron chi connectivity index (χ2n) is 4.54. The molecule has 0 aromatic heterocycles. The van der Waals surface area contributed by atoms with Crippen LogP contribution in [0, 0.1) is 17.6 Å². The average Bonchev–Trinajstić information content (AvgIpc) is 2.84. The molecule has 1 aromatic rings. The fourth-order valence-electron chi connectivity index (χ4n) is 2.05. The molecule has 1 aromatic carbocycles. The summed E-state index contributed by atoms with van der Waals surface area (Å²) >= 11 is 0. The van der Waals surface area contributed by atoms with Crippen molar-refractivity contribution in [3.05, 3.63) is 35.4 Å². The second-order valence-corrected chi connectivity index (χ2v) is 4.54. The highest BCUT2D eigenvalue weighted by Crippen LogP contribution is 2.15. The number of halogens is 2. The molecule has 5 heteroatoms. The van der Waals surface area contributed by atoms with Gasteiger partial charge in [-0.2, -0.15) is 0 Å². The van der Waals surface area contributed by atoms with Crippen molar-refractivity contribution >= 4 is 5.91 Å². The van der Waals surface area contributed by atoms with E-state index in [0.717, 1.165) is 25.2 Å². The van der Waals surface area contributed by atoms with Crippen LogP contribution >= 0.6 is 0 Å². The molecular weight excluding hydrogens is 240 g/mol. The van der Waals surface area contributed by atoms with Crippen molar-refractivity contribution < 1.29 is 18.3 Å². The van der Waals surface area contributed by atoms with Gasteiger partial charge in [-0.25, -0.2) is 8.78 Å². The lowest BCUT2D eigenvalue weighted by Gasteiger charge is -2.20. The first-order chi connectivity index (χ1) is 8.58. The highest BCUT2D eigenvalue weighted by atomic mass is 19.2. The second kappa shape index (κ2) is 5.44. The number of hydrogen-bond acceptors (Lipinski definition) is 2. The largest absolute Gasteiger partial charge is 0.381 e. The summed E-state index contributed by atoms with van der Waals surface area (Å²) in [6.07, 6.45) is 0.926. The van der Waals surface area contributed by atoms with Gasteiger partial charge in [0.2, 0.25) is 0 Å². The van der Waals surface area contributed by atoms with Crippen LogP contribution in [0.4, 0.5) is 8.78 Å². The van der Waals surface area contributed by atoms with Gasteiger partial charge in [-0.3, -0.25) is 4.79 Å². The standard InChI is InChI=1S/C13H15F2NO2/c1-16(7-9-4-5-18-8-9)13(17)10-2-3-11(14)12(15)6-10/h2-3,6,9H,4-5,7-8H2,1H3. The Balaban J connectivity index is 2.02. The predicted octanol–water partition coefficient (Wildman–Crippen LogP) is 2.07. The first kappa shape index (κ1) is 13.0. The lowest BCUT2D eigenvalue weighted by molar-refractivity contribution is 0.0765.